The number of rotatable bonds is 10. The Morgan fingerprint density at radius 3 is 1.85 bits per heavy atom. The lowest BCUT2D eigenvalue weighted by atomic mass is 9.72. The zero-order chi connectivity index (χ0) is 15.9. The van der Waals surface area contributed by atoms with Crippen LogP contribution in [-0.4, -0.2) is 29.7 Å². The van der Waals surface area contributed by atoms with E-state index in [1.807, 2.05) is 0 Å². The first-order chi connectivity index (χ1) is 9.13. The van der Waals surface area contributed by atoms with Crippen LogP contribution >= 0.6 is 0 Å². The van der Waals surface area contributed by atoms with Crippen molar-refractivity contribution in [2.24, 2.45) is 22.8 Å². The highest BCUT2D eigenvalue weighted by atomic mass is 16.7. The highest BCUT2D eigenvalue weighted by Gasteiger charge is 2.32. The molecular weight excluding hydrogens is 248 g/mol. The molecule has 122 valence electrons. The summed E-state index contributed by atoms with van der Waals surface area (Å²) in [5.41, 5.74) is 12.3. The molecule has 0 fully saturated rings. The summed E-state index contributed by atoms with van der Waals surface area (Å²) in [5.74, 6) is 0.406. The second-order valence-corrected chi connectivity index (χ2v) is 7.49. The molecule has 3 nitrogen and oxygen atoms in total. The van der Waals surface area contributed by atoms with Crippen molar-refractivity contribution in [1.82, 2.24) is 4.90 Å². The van der Waals surface area contributed by atoms with Gasteiger partial charge >= 0.3 is 0 Å². The molecule has 0 saturated carbocycles. The van der Waals surface area contributed by atoms with Crippen LogP contribution < -0.4 is 11.5 Å². The van der Waals surface area contributed by atoms with Gasteiger partial charge in [-0.1, -0.05) is 33.6 Å². The quantitative estimate of drug-likeness (QED) is 0.604. The first-order valence-corrected chi connectivity index (χ1v) is 8.40. The van der Waals surface area contributed by atoms with E-state index in [4.69, 9.17) is 11.5 Å². The first kappa shape index (κ1) is 19.9. The number of unbranched alkanes of at least 4 members (excludes halogenated alkanes) is 1. The maximum Gasteiger partial charge on any atom is 0.0555 e. The second kappa shape index (κ2) is 9.01. The molecule has 0 rings (SSSR count). The van der Waals surface area contributed by atoms with Gasteiger partial charge in [0, 0.05) is 12.1 Å². The lowest BCUT2D eigenvalue weighted by Gasteiger charge is -2.40. The van der Waals surface area contributed by atoms with Crippen molar-refractivity contribution < 1.29 is 0 Å². The van der Waals surface area contributed by atoms with Crippen LogP contribution in [0.1, 0.15) is 74.1 Å². The van der Waals surface area contributed by atoms with Crippen molar-refractivity contribution >= 4 is 0 Å². The van der Waals surface area contributed by atoms with Crippen molar-refractivity contribution in [2.45, 2.75) is 92.4 Å². The van der Waals surface area contributed by atoms with E-state index in [1.165, 1.54) is 12.8 Å². The van der Waals surface area contributed by atoms with E-state index in [2.05, 4.69) is 53.4 Å². The minimum Gasteiger partial charge on any atom is -0.316 e. The van der Waals surface area contributed by atoms with Crippen LogP contribution in [0, 0.1) is 11.3 Å². The highest BCUT2D eigenvalue weighted by Crippen LogP contribution is 2.35. The van der Waals surface area contributed by atoms with Crippen molar-refractivity contribution in [3.8, 4) is 0 Å². The Balaban J connectivity index is 4.66. The number of hydrogen-bond donors (Lipinski definition) is 2. The summed E-state index contributed by atoms with van der Waals surface area (Å²) in [6.07, 6.45) is 4.52. The smallest absolute Gasteiger partial charge is 0.0555 e. The van der Waals surface area contributed by atoms with Crippen LogP contribution in [0.5, 0.6) is 0 Å². The Bertz CT molecular complexity index is 239. The summed E-state index contributed by atoms with van der Waals surface area (Å²) in [4.78, 5) is 2.56. The third-order valence-corrected chi connectivity index (χ3v) is 4.68. The molecule has 0 saturated heterocycles. The summed E-state index contributed by atoms with van der Waals surface area (Å²) in [7, 11) is 0. The average Bonchev–Trinajstić information content (AvgIpc) is 2.27. The van der Waals surface area contributed by atoms with Crippen LogP contribution in [0.15, 0.2) is 0 Å². The molecule has 0 radical (unpaired) electrons. The normalized spacial score (nSPS) is 14.8. The standard InChI is InChI=1S/C17H39N3/c1-8-9-10-15(16(18)19)17(6,7)11-12-20(13(2)3)14(4)5/h13-16H,8-12,18-19H2,1-7H3/i20+2. The molecular formula is C17H39N3. The molecule has 4 N–H and O–H groups in total. The van der Waals surface area contributed by atoms with E-state index in [-0.39, 0.29) is 11.6 Å². The molecule has 0 bridgehead atoms. The molecule has 0 spiro atoms. The van der Waals surface area contributed by atoms with Gasteiger partial charge in [0.25, 0.3) is 0 Å². The van der Waals surface area contributed by atoms with Gasteiger partial charge in [0.1, 0.15) is 0 Å². The molecule has 0 aromatic carbocycles. The van der Waals surface area contributed by atoms with Crippen molar-refractivity contribution in [1.29, 1.82) is 0 Å². The van der Waals surface area contributed by atoms with E-state index in [9.17, 15) is 0 Å². The highest BCUT2D eigenvalue weighted by molar-refractivity contribution is 4.85. The molecule has 1 atom stereocenters. The fourth-order valence-electron chi connectivity index (χ4n) is 3.24. The van der Waals surface area contributed by atoms with Gasteiger partial charge in [0.05, 0.1) is 6.17 Å². The number of nitrogens with two attached hydrogens (primary N) is 2. The van der Waals surface area contributed by atoms with E-state index >= 15 is 0 Å². The van der Waals surface area contributed by atoms with Crippen molar-refractivity contribution in [3.63, 3.8) is 0 Å². The van der Waals surface area contributed by atoms with Crippen LogP contribution in [0.3, 0.4) is 0 Å². The Morgan fingerprint density at radius 2 is 1.50 bits per heavy atom. The predicted octanol–water partition coefficient (Wildman–Crippen LogP) is 3.57. The Hall–Kier alpha value is -0.120. The van der Waals surface area contributed by atoms with Gasteiger partial charge in [0.15, 0.2) is 0 Å². The molecule has 1 unspecified atom stereocenters. The summed E-state index contributed by atoms with van der Waals surface area (Å²) in [6.45, 7) is 17.1. The monoisotopic (exact) mass is 287 g/mol. The average molecular weight is 288 g/mol. The van der Waals surface area contributed by atoms with Gasteiger partial charge in [-0.2, -0.15) is 0 Å². The summed E-state index contributed by atoms with van der Waals surface area (Å²) < 4.78 is 0. The summed E-state index contributed by atoms with van der Waals surface area (Å²) in [6, 6.07) is 1.18. The third-order valence-electron chi connectivity index (χ3n) is 4.68. The lowest BCUT2D eigenvalue weighted by Crippen LogP contribution is -2.47. The zero-order valence-corrected chi connectivity index (χ0v) is 14.9. The van der Waals surface area contributed by atoms with Crippen LogP contribution in [0.4, 0.5) is 0 Å². The predicted molar refractivity (Wildman–Crippen MR) is 90.6 cm³/mol. The minimum atomic E-state index is -0.205. The van der Waals surface area contributed by atoms with E-state index in [0.29, 0.717) is 18.0 Å². The molecule has 0 aromatic heterocycles. The van der Waals surface area contributed by atoms with Gasteiger partial charge in [-0.05, 0) is 58.4 Å². The van der Waals surface area contributed by atoms with Crippen LogP contribution in [0.25, 0.3) is 0 Å². The maximum atomic E-state index is 6.05. The molecule has 0 aliphatic rings. The SMILES string of the molecule is CCCCC(C(N)N)C(C)(C)CC[16N](C(C)C)C(C)C. The van der Waals surface area contributed by atoms with Crippen molar-refractivity contribution in [3.05, 3.63) is 0 Å². The van der Waals surface area contributed by atoms with Crippen LogP contribution in [0.2, 0.25) is 0 Å². The molecule has 20 heavy (non-hydrogen) atoms. The molecule has 0 aromatic rings. The Kier molecular flexibility index (Phi) is 8.96. The molecule has 3 heteroatoms. The van der Waals surface area contributed by atoms with Gasteiger partial charge in [-0.15, -0.1) is 0 Å². The summed E-state index contributed by atoms with van der Waals surface area (Å²) >= 11 is 0. The molecule has 0 aliphatic carbocycles. The fourth-order valence-corrected chi connectivity index (χ4v) is 3.24. The molecule has 0 aliphatic heterocycles. The van der Waals surface area contributed by atoms with Crippen LogP contribution in [-0.2, 0) is 0 Å². The lowest BCUT2D eigenvalue weighted by molar-refractivity contribution is 0.0999. The molecule has 0 amide bonds. The summed E-state index contributed by atoms with van der Waals surface area (Å²) in [5, 5.41) is 0. The second-order valence-electron chi connectivity index (χ2n) is 7.49. The molecule has 0 heterocycles. The van der Waals surface area contributed by atoms with Crippen molar-refractivity contribution in [2.75, 3.05) is 6.54 Å². The topological polar surface area (TPSA) is 55.3 Å². The maximum absolute atomic E-state index is 6.05. The third kappa shape index (κ3) is 6.55. The van der Waals surface area contributed by atoms with Gasteiger partial charge in [-0.3, -0.25) is 4.90 Å². The van der Waals surface area contributed by atoms with Gasteiger partial charge in [-0.25, -0.2) is 0 Å². The fraction of sp³-hybridized carbons (Fsp3) is 1.00. The van der Waals surface area contributed by atoms with Gasteiger partial charge in [0.2, 0.25) is 0 Å². The van der Waals surface area contributed by atoms with E-state index in [1.54, 1.807) is 0 Å². The largest absolute Gasteiger partial charge is 0.316 e. The van der Waals surface area contributed by atoms with Gasteiger partial charge < -0.3 is 11.5 Å². The Labute approximate surface area is 127 Å². The minimum absolute atomic E-state index is 0.200. The number of hydrogen-bond acceptors (Lipinski definition) is 3. The van der Waals surface area contributed by atoms with E-state index < -0.39 is 0 Å². The van der Waals surface area contributed by atoms with E-state index in [0.717, 1.165) is 19.4 Å². The first-order valence-electron chi connectivity index (χ1n) is 8.40. The number of nitrogens with zero attached hydrogens (tertiary/aromatic N) is 1. The zero-order valence-electron chi connectivity index (χ0n) is 14.9. The Morgan fingerprint density at radius 1 is 1.00 bits per heavy atom.